The average Bonchev–Trinajstić information content (AvgIpc) is 2.77. The number of fused-ring (bicyclic) bond motifs is 1. The van der Waals surface area contributed by atoms with Crippen LogP contribution >= 0.6 is 0 Å². The third kappa shape index (κ3) is 2.83. The minimum Gasteiger partial charge on any atom is -0.481 e. The van der Waals surface area contributed by atoms with Crippen LogP contribution in [0.3, 0.4) is 0 Å². The second-order valence-electron chi connectivity index (χ2n) is 4.59. The Balaban J connectivity index is 2.15. The van der Waals surface area contributed by atoms with Crippen LogP contribution in [0, 0.1) is 5.92 Å². The van der Waals surface area contributed by atoms with Crippen molar-refractivity contribution >= 4 is 22.8 Å². The number of imidazole rings is 1. The molecule has 102 valence electrons. The molecule has 0 aliphatic rings. The molecule has 0 saturated heterocycles. The van der Waals surface area contributed by atoms with E-state index >= 15 is 0 Å². The molecular weight excluding hydrogens is 244 g/mol. The van der Waals surface area contributed by atoms with E-state index in [0.29, 0.717) is 18.8 Å². The Kier molecular flexibility index (Phi) is 3.99. The van der Waals surface area contributed by atoms with Crippen LogP contribution in [-0.2, 0) is 11.8 Å². The number of carboxylic acids is 1. The van der Waals surface area contributed by atoms with Gasteiger partial charge in [0.25, 0.3) is 0 Å². The quantitative estimate of drug-likeness (QED) is 0.830. The molecule has 0 spiro atoms. The van der Waals surface area contributed by atoms with Gasteiger partial charge in [-0.05, 0) is 12.5 Å². The van der Waals surface area contributed by atoms with E-state index in [2.05, 4.69) is 15.3 Å². The fourth-order valence-corrected chi connectivity index (χ4v) is 2.07. The molecule has 6 heteroatoms. The molecule has 2 aromatic rings. The van der Waals surface area contributed by atoms with Gasteiger partial charge in [0.05, 0.1) is 17.8 Å². The van der Waals surface area contributed by atoms with Gasteiger partial charge in [0.2, 0.25) is 0 Å². The van der Waals surface area contributed by atoms with Crippen LogP contribution in [0.25, 0.3) is 11.0 Å². The van der Waals surface area contributed by atoms with Gasteiger partial charge in [-0.3, -0.25) is 4.79 Å². The summed E-state index contributed by atoms with van der Waals surface area (Å²) >= 11 is 0. The third-order valence-corrected chi connectivity index (χ3v) is 3.15. The Labute approximate surface area is 111 Å². The summed E-state index contributed by atoms with van der Waals surface area (Å²) < 4.78 is 1.91. The highest BCUT2D eigenvalue weighted by Crippen LogP contribution is 2.19. The van der Waals surface area contributed by atoms with Crippen LogP contribution in [0.15, 0.2) is 18.6 Å². The number of carboxylic acid groups (broad SMARTS) is 1. The van der Waals surface area contributed by atoms with Gasteiger partial charge in [0.15, 0.2) is 5.82 Å². The fraction of sp³-hybridized carbons (Fsp3) is 0.462. The fourth-order valence-electron chi connectivity index (χ4n) is 2.07. The Hall–Kier alpha value is -2.11. The van der Waals surface area contributed by atoms with E-state index in [-0.39, 0.29) is 0 Å². The lowest BCUT2D eigenvalue weighted by molar-refractivity contribution is -0.141. The van der Waals surface area contributed by atoms with E-state index in [0.717, 1.165) is 17.5 Å². The van der Waals surface area contributed by atoms with Gasteiger partial charge in [-0.15, -0.1) is 0 Å². The number of hydrogen-bond donors (Lipinski definition) is 2. The molecule has 1 atom stereocenters. The molecule has 1 unspecified atom stereocenters. The molecule has 19 heavy (non-hydrogen) atoms. The largest absolute Gasteiger partial charge is 0.481 e. The summed E-state index contributed by atoms with van der Waals surface area (Å²) in [7, 11) is 1.91. The minimum absolute atomic E-state index is 0.367. The summed E-state index contributed by atoms with van der Waals surface area (Å²) in [5.74, 6) is -0.534. The number of aliphatic carboxylic acids is 1. The van der Waals surface area contributed by atoms with Crippen molar-refractivity contribution in [1.82, 2.24) is 14.5 Å². The van der Waals surface area contributed by atoms with Crippen molar-refractivity contribution in [1.29, 1.82) is 0 Å². The van der Waals surface area contributed by atoms with E-state index in [4.69, 9.17) is 5.11 Å². The molecule has 2 rings (SSSR count). The highest BCUT2D eigenvalue weighted by molar-refractivity contribution is 5.85. The molecule has 0 aromatic carbocycles. The van der Waals surface area contributed by atoms with Gasteiger partial charge in [-0.25, -0.2) is 9.97 Å². The Morgan fingerprint density at radius 2 is 2.32 bits per heavy atom. The van der Waals surface area contributed by atoms with Crippen molar-refractivity contribution in [2.45, 2.75) is 19.8 Å². The van der Waals surface area contributed by atoms with Crippen LogP contribution < -0.4 is 5.32 Å². The summed E-state index contributed by atoms with van der Waals surface area (Å²) in [6, 6.07) is 1.88. The van der Waals surface area contributed by atoms with Crippen LogP contribution in [0.2, 0.25) is 0 Å². The first-order valence-corrected chi connectivity index (χ1v) is 6.36. The zero-order valence-electron chi connectivity index (χ0n) is 11.1. The number of anilines is 1. The second-order valence-corrected chi connectivity index (χ2v) is 4.59. The average molecular weight is 262 g/mol. The van der Waals surface area contributed by atoms with Gasteiger partial charge in [-0.2, -0.15) is 0 Å². The van der Waals surface area contributed by atoms with Crippen molar-refractivity contribution in [2.75, 3.05) is 11.9 Å². The van der Waals surface area contributed by atoms with E-state index in [1.165, 1.54) is 0 Å². The van der Waals surface area contributed by atoms with Crippen LogP contribution in [-0.4, -0.2) is 32.2 Å². The van der Waals surface area contributed by atoms with Crippen molar-refractivity contribution in [3.8, 4) is 0 Å². The smallest absolute Gasteiger partial charge is 0.308 e. The van der Waals surface area contributed by atoms with Crippen LogP contribution in [0.4, 0.5) is 5.82 Å². The van der Waals surface area contributed by atoms with E-state index in [9.17, 15) is 4.79 Å². The topological polar surface area (TPSA) is 80.0 Å². The molecule has 0 saturated carbocycles. The molecule has 2 heterocycles. The maximum atomic E-state index is 11.1. The minimum atomic E-state index is -0.775. The second kappa shape index (κ2) is 5.69. The van der Waals surface area contributed by atoms with Gasteiger partial charge in [-0.1, -0.05) is 13.3 Å². The van der Waals surface area contributed by atoms with Crippen molar-refractivity contribution in [3.63, 3.8) is 0 Å². The number of nitrogens with zero attached hydrogens (tertiary/aromatic N) is 3. The predicted molar refractivity (Wildman–Crippen MR) is 73.0 cm³/mol. The zero-order valence-corrected chi connectivity index (χ0v) is 11.1. The zero-order chi connectivity index (χ0) is 13.8. The van der Waals surface area contributed by atoms with E-state index < -0.39 is 11.9 Å². The molecule has 2 N–H and O–H groups in total. The van der Waals surface area contributed by atoms with Crippen molar-refractivity contribution < 1.29 is 9.90 Å². The van der Waals surface area contributed by atoms with Crippen molar-refractivity contribution in [3.05, 3.63) is 18.6 Å². The summed E-state index contributed by atoms with van der Waals surface area (Å²) in [6.45, 7) is 2.35. The molecule has 0 fully saturated rings. The molecule has 6 nitrogen and oxygen atoms in total. The van der Waals surface area contributed by atoms with Crippen LogP contribution in [0.5, 0.6) is 0 Å². The standard InChI is InChI=1S/C13H18N4O2/c1-3-4-9(13(18)19)7-15-12-11-10(5-6-14-12)17(2)8-16-11/h5-6,8-9H,3-4,7H2,1-2H3,(H,14,15)(H,18,19). The molecule has 0 aliphatic heterocycles. The number of carbonyl (C=O) groups is 1. The summed E-state index contributed by atoms with van der Waals surface area (Å²) in [5.41, 5.74) is 1.74. The molecular formula is C13H18N4O2. The van der Waals surface area contributed by atoms with Gasteiger partial charge in [0.1, 0.15) is 5.52 Å². The lowest BCUT2D eigenvalue weighted by Gasteiger charge is -2.12. The van der Waals surface area contributed by atoms with Gasteiger partial charge < -0.3 is 15.0 Å². The van der Waals surface area contributed by atoms with E-state index in [1.54, 1.807) is 12.5 Å². The number of nitrogens with one attached hydrogen (secondary N) is 1. The maximum absolute atomic E-state index is 11.1. The number of rotatable bonds is 6. The third-order valence-electron chi connectivity index (χ3n) is 3.15. The molecule has 0 bridgehead atoms. The molecule has 0 radical (unpaired) electrons. The van der Waals surface area contributed by atoms with Crippen molar-refractivity contribution in [2.24, 2.45) is 13.0 Å². The molecule has 0 aliphatic carbocycles. The first-order chi connectivity index (χ1) is 9.13. The first kappa shape index (κ1) is 13.3. The summed E-state index contributed by atoms with van der Waals surface area (Å²) in [6.07, 6.45) is 4.92. The summed E-state index contributed by atoms with van der Waals surface area (Å²) in [5, 5.41) is 12.2. The monoisotopic (exact) mass is 262 g/mol. The van der Waals surface area contributed by atoms with Gasteiger partial charge >= 0.3 is 5.97 Å². The lowest BCUT2D eigenvalue weighted by atomic mass is 10.0. The van der Waals surface area contributed by atoms with Gasteiger partial charge in [0, 0.05) is 19.8 Å². The normalized spacial score (nSPS) is 12.5. The Bertz CT molecular complexity index is 579. The number of aromatic nitrogens is 3. The Morgan fingerprint density at radius 3 is 3.00 bits per heavy atom. The highest BCUT2D eigenvalue weighted by Gasteiger charge is 2.17. The maximum Gasteiger partial charge on any atom is 0.308 e. The molecule has 0 amide bonds. The first-order valence-electron chi connectivity index (χ1n) is 6.36. The number of aryl methyl sites for hydroxylation is 1. The van der Waals surface area contributed by atoms with Crippen LogP contribution in [0.1, 0.15) is 19.8 Å². The summed E-state index contributed by atoms with van der Waals surface area (Å²) in [4.78, 5) is 19.6. The Morgan fingerprint density at radius 1 is 1.53 bits per heavy atom. The number of pyridine rings is 1. The highest BCUT2D eigenvalue weighted by atomic mass is 16.4. The predicted octanol–water partition coefficient (Wildman–Crippen LogP) is 1.88. The SMILES string of the molecule is CCCC(CNc1nccc2c1ncn2C)C(=O)O. The molecule has 2 aromatic heterocycles. The lowest BCUT2D eigenvalue weighted by Crippen LogP contribution is -2.23. The number of hydrogen-bond acceptors (Lipinski definition) is 4. The van der Waals surface area contributed by atoms with E-state index in [1.807, 2.05) is 24.6 Å².